The van der Waals surface area contributed by atoms with Gasteiger partial charge in [0.05, 0.1) is 6.61 Å². The molecule has 96 valence electrons. The normalized spacial score (nSPS) is 10.7. The van der Waals surface area contributed by atoms with Crippen molar-refractivity contribution in [2.75, 3.05) is 11.0 Å². The number of hydrogen-bond donors (Lipinski definition) is 0. The molecule has 0 amide bonds. The molecule has 0 fully saturated rings. The number of unbranched alkanes of at least 4 members (excludes halogenated alkanes) is 2. The molecule has 18 heavy (non-hydrogen) atoms. The van der Waals surface area contributed by atoms with Gasteiger partial charge in [-0.25, -0.2) is 4.79 Å². The molecule has 0 aliphatic rings. The Morgan fingerprint density at radius 2 is 1.94 bits per heavy atom. The predicted octanol–water partition coefficient (Wildman–Crippen LogP) is 3.78. The number of halogens is 1. The summed E-state index contributed by atoms with van der Waals surface area (Å²) in [4.78, 5) is 11.1. The number of ether oxygens (including phenoxy) is 1. The highest BCUT2D eigenvalue weighted by Crippen LogP contribution is 2.19. The zero-order valence-corrected chi connectivity index (χ0v) is 12.2. The maximum atomic E-state index is 11.1. The fourth-order valence-electron chi connectivity index (χ4n) is 1.69. The molecule has 0 saturated carbocycles. The van der Waals surface area contributed by atoms with Crippen LogP contribution in [0.4, 0.5) is 0 Å². The maximum absolute atomic E-state index is 11.1. The van der Waals surface area contributed by atoms with Gasteiger partial charge in [0.1, 0.15) is 11.3 Å². The number of rotatable bonds is 6. The van der Waals surface area contributed by atoms with Crippen molar-refractivity contribution in [3.63, 3.8) is 0 Å². The summed E-state index contributed by atoms with van der Waals surface area (Å²) in [7, 11) is 0. The van der Waals surface area contributed by atoms with Gasteiger partial charge in [-0.3, -0.25) is 0 Å². The predicted molar refractivity (Wildman–Crippen MR) is 80.7 cm³/mol. The minimum Gasteiger partial charge on any atom is -0.493 e. The Kier molecular flexibility index (Phi) is 5.04. The van der Waals surface area contributed by atoms with Crippen LogP contribution in [0.25, 0.3) is 11.0 Å². The lowest BCUT2D eigenvalue weighted by Crippen LogP contribution is -1.98. The molecule has 4 heteroatoms. The average molecular weight is 358 g/mol. The zero-order chi connectivity index (χ0) is 12.8. The molecule has 2 rings (SSSR count). The summed E-state index contributed by atoms with van der Waals surface area (Å²) in [6.45, 7) is 0.708. The van der Waals surface area contributed by atoms with Crippen molar-refractivity contribution >= 4 is 33.6 Å². The molecule has 0 atom stereocenters. The summed E-state index contributed by atoms with van der Waals surface area (Å²) in [5.41, 5.74) is 0.244. The van der Waals surface area contributed by atoms with E-state index in [1.807, 2.05) is 12.1 Å². The summed E-state index contributed by atoms with van der Waals surface area (Å²) in [6.07, 6.45) is 3.47. The van der Waals surface area contributed by atoms with Crippen LogP contribution in [-0.4, -0.2) is 11.0 Å². The molecule has 0 aliphatic heterocycles. The highest BCUT2D eigenvalue weighted by Gasteiger charge is 2.00. The smallest absolute Gasteiger partial charge is 0.336 e. The van der Waals surface area contributed by atoms with Crippen LogP contribution in [0.15, 0.2) is 39.5 Å². The molecule has 2 aromatic rings. The fourth-order valence-corrected chi connectivity index (χ4v) is 2.23. The fraction of sp³-hybridized carbons (Fsp3) is 0.357. The summed E-state index contributed by atoms with van der Waals surface area (Å²) in [5.74, 6) is 0.756. The molecule has 0 N–H and O–H groups in total. The van der Waals surface area contributed by atoms with E-state index in [9.17, 15) is 4.79 Å². The molecule has 0 saturated heterocycles. The minimum absolute atomic E-state index is 0.332. The van der Waals surface area contributed by atoms with Crippen LogP contribution in [0.3, 0.4) is 0 Å². The molecule has 3 nitrogen and oxygen atoms in total. The first-order valence-electron chi connectivity index (χ1n) is 6.02. The highest BCUT2D eigenvalue weighted by atomic mass is 127. The molecular formula is C14H15IO3. The standard InChI is InChI=1S/C14H15IO3/c15-8-2-1-3-9-17-12-6-4-11-5-7-14(16)18-13(11)10-12/h4-7,10H,1-3,8-9H2. The van der Waals surface area contributed by atoms with E-state index < -0.39 is 0 Å². The zero-order valence-electron chi connectivity index (χ0n) is 10.0. The molecule has 0 unspecified atom stereocenters. The van der Waals surface area contributed by atoms with Crippen molar-refractivity contribution in [1.29, 1.82) is 0 Å². The average Bonchev–Trinajstić information content (AvgIpc) is 2.38. The second kappa shape index (κ2) is 6.78. The van der Waals surface area contributed by atoms with Crippen molar-refractivity contribution in [3.05, 3.63) is 40.8 Å². The molecule has 1 heterocycles. The van der Waals surface area contributed by atoms with Gasteiger partial charge in [-0.05, 0) is 41.9 Å². The van der Waals surface area contributed by atoms with Gasteiger partial charge in [-0.2, -0.15) is 0 Å². The van der Waals surface area contributed by atoms with Gasteiger partial charge in [0.2, 0.25) is 0 Å². The lowest BCUT2D eigenvalue weighted by atomic mass is 10.2. The summed E-state index contributed by atoms with van der Waals surface area (Å²) >= 11 is 2.38. The van der Waals surface area contributed by atoms with E-state index in [1.165, 1.54) is 23.3 Å². The Morgan fingerprint density at radius 3 is 2.78 bits per heavy atom. The summed E-state index contributed by atoms with van der Waals surface area (Å²) in [6, 6.07) is 8.76. The van der Waals surface area contributed by atoms with Crippen molar-refractivity contribution in [2.24, 2.45) is 0 Å². The number of benzene rings is 1. The quantitative estimate of drug-likeness (QED) is 0.342. The van der Waals surface area contributed by atoms with Crippen LogP contribution in [0, 0.1) is 0 Å². The molecule has 1 aromatic carbocycles. The first-order chi connectivity index (χ1) is 8.79. The van der Waals surface area contributed by atoms with Gasteiger partial charge >= 0.3 is 5.63 Å². The Hall–Kier alpha value is -1.04. The summed E-state index contributed by atoms with van der Waals surface area (Å²) in [5, 5.41) is 0.909. The number of hydrogen-bond acceptors (Lipinski definition) is 3. The topological polar surface area (TPSA) is 39.4 Å². The second-order valence-electron chi connectivity index (χ2n) is 4.05. The number of fused-ring (bicyclic) bond motifs is 1. The lowest BCUT2D eigenvalue weighted by molar-refractivity contribution is 0.306. The molecule has 0 radical (unpaired) electrons. The maximum Gasteiger partial charge on any atom is 0.336 e. The Balaban J connectivity index is 1.99. The van der Waals surface area contributed by atoms with E-state index in [0.29, 0.717) is 12.2 Å². The van der Waals surface area contributed by atoms with E-state index in [4.69, 9.17) is 9.15 Å². The van der Waals surface area contributed by atoms with Crippen LogP contribution >= 0.6 is 22.6 Å². The Labute approximate surface area is 119 Å². The van der Waals surface area contributed by atoms with E-state index in [2.05, 4.69) is 22.6 Å². The van der Waals surface area contributed by atoms with Gasteiger partial charge in [0, 0.05) is 17.5 Å². The molecule has 0 aliphatic carbocycles. The van der Waals surface area contributed by atoms with Crippen molar-refractivity contribution in [3.8, 4) is 5.75 Å². The van der Waals surface area contributed by atoms with Crippen molar-refractivity contribution in [2.45, 2.75) is 19.3 Å². The van der Waals surface area contributed by atoms with Crippen LogP contribution < -0.4 is 10.4 Å². The third kappa shape index (κ3) is 3.73. The molecule has 0 bridgehead atoms. The van der Waals surface area contributed by atoms with Crippen LogP contribution in [0.2, 0.25) is 0 Å². The largest absolute Gasteiger partial charge is 0.493 e. The van der Waals surface area contributed by atoms with Crippen molar-refractivity contribution in [1.82, 2.24) is 0 Å². The SMILES string of the molecule is O=c1ccc2ccc(OCCCCCI)cc2o1. The van der Waals surface area contributed by atoms with E-state index in [1.54, 1.807) is 12.1 Å². The van der Waals surface area contributed by atoms with E-state index in [0.717, 1.165) is 17.6 Å². The van der Waals surface area contributed by atoms with Crippen molar-refractivity contribution < 1.29 is 9.15 Å². The van der Waals surface area contributed by atoms with Gasteiger partial charge in [0.25, 0.3) is 0 Å². The van der Waals surface area contributed by atoms with Gasteiger partial charge in [-0.15, -0.1) is 0 Å². The second-order valence-corrected chi connectivity index (χ2v) is 5.13. The molecule has 1 aromatic heterocycles. The van der Waals surface area contributed by atoms with Gasteiger partial charge in [-0.1, -0.05) is 22.6 Å². The van der Waals surface area contributed by atoms with E-state index in [-0.39, 0.29) is 5.63 Å². The highest BCUT2D eigenvalue weighted by molar-refractivity contribution is 14.1. The van der Waals surface area contributed by atoms with Crippen LogP contribution in [-0.2, 0) is 0 Å². The first-order valence-corrected chi connectivity index (χ1v) is 7.55. The van der Waals surface area contributed by atoms with Gasteiger partial charge < -0.3 is 9.15 Å². The number of alkyl halides is 1. The summed E-state index contributed by atoms with van der Waals surface area (Å²) < 4.78 is 11.9. The Bertz CT molecular complexity index is 562. The van der Waals surface area contributed by atoms with E-state index >= 15 is 0 Å². The third-order valence-corrected chi connectivity index (χ3v) is 3.40. The molecular weight excluding hydrogens is 343 g/mol. The lowest BCUT2D eigenvalue weighted by Gasteiger charge is -2.06. The third-order valence-electron chi connectivity index (χ3n) is 2.64. The van der Waals surface area contributed by atoms with Crippen LogP contribution in [0.5, 0.6) is 5.75 Å². The van der Waals surface area contributed by atoms with Gasteiger partial charge in [0.15, 0.2) is 0 Å². The first kappa shape index (κ1) is 13.4. The Morgan fingerprint density at radius 1 is 1.11 bits per heavy atom. The monoisotopic (exact) mass is 358 g/mol. The van der Waals surface area contributed by atoms with Crippen LogP contribution in [0.1, 0.15) is 19.3 Å². The molecule has 0 spiro atoms. The minimum atomic E-state index is -0.332.